The molecule has 1 heterocycles. The van der Waals surface area contributed by atoms with Crippen molar-refractivity contribution in [2.24, 2.45) is 0 Å². The fourth-order valence-corrected chi connectivity index (χ4v) is 1.64. The minimum atomic E-state index is -0.144. The topological polar surface area (TPSA) is 27.8 Å². The second kappa shape index (κ2) is 4.94. The molecule has 2 rings (SSSR count). The van der Waals surface area contributed by atoms with E-state index in [1.54, 1.807) is 6.92 Å². The highest BCUT2D eigenvalue weighted by molar-refractivity contribution is 5.23. The van der Waals surface area contributed by atoms with Gasteiger partial charge in [0.05, 0.1) is 0 Å². The van der Waals surface area contributed by atoms with Crippen LogP contribution in [0.4, 0.5) is 4.39 Å². The third kappa shape index (κ3) is 2.70. The van der Waals surface area contributed by atoms with E-state index in [4.69, 9.17) is 0 Å². The molecule has 0 aliphatic rings. The summed E-state index contributed by atoms with van der Waals surface area (Å²) in [7, 11) is 0. The van der Waals surface area contributed by atoms with Gasteiger partial charge >= 0.3 is 0 Å². The number of hydrogen-bond acceptors (Lipinski definition) is 1. The third-order valence-electron chi connectivity index (χ3n) is 2.54. The minimum Gasteiger partial charge on any atom is -0.367 e. The van der Waals surface area contributed by atoms with E-state index in [-0.39, 0.29) is 5.82 Å². The van der Waals surface area contributed by atoms with Crippen LogP contribution < -0.4 is 5.32 Å². The van der Waals surface area contributed by atoms with Crippen LogP contribution in [0.25, 0.3) is 0 Å². The van der Waals surface area contributed by atoms with E-state index < -0.39 is 0 Å². The number of rotatable bonds is 4. The lowest BCUT2D eigenvalue weighted by molar-refractivity contribution is 0.615. The number of aryl methyl sites for hydroxylation is 1. The molecule has 0 saturated carbocycles. The van der Waals surface area contributed by atoms with E-state index >= 15 is 0 Å². The second-order valence-corrected chi connectivity index (χ2v) is 3.91. The lowest BCUT2D eigenvalue weighted by atomic mass is 10.1. The summed E-state index contributed by atoms with van der Waals surface area (Å²) in [4.78, 5) is 3.01. The van der Waals surface area contributed by atoms with Crippen molar-refractivity contribution >= 4 is 0 Å². The van der Waals surface area contributed by atoms with Gasteiger partial charge in [-0.2, -0.15) is 0 Å². The van der Waals surface area contributed by atoms with Gasteiger partial charge in [0, 0.05) is 25.5 Å². The van der Waals surface area contributed by atoms with Crippen LogP contribution in [-0.4, -0.2) is 4.98 Å². The number of nitrogens with one attached hydrogen (secondary N) is 2. The van der Waals surface area contributed by atoms with Crippen LogP contribution in [0, 0.1) is 12.7 Å². The summed E-state index contributed by atoms with van der Waals surface area (Å²) in [6.45, 7) is 3.36. The summed E-state index contributed by atoms with van der Waals surface area (Å²) >= 11 is 0. The van der Waals surface area contributed by atoms with Crippen molar-refractivity contribution in [1.29, 1.82) is 0 Å². The Bertz CT molecular complexity index is 449. The molecule has 0 aliphatic carbocycles. The molecule has 0 unspecified atom stereocenters. The van der Waals surface area contributed by atoms with Crippen molar-refractivity contribution in [2.75, 3.05) is 0 Å². The van der Waals surface area contributed by atoms with Gasteiger partial charge in [0.2, 0.25) is 0 Å². The van der Waals surface area contributed by atoms with Crippen LogP contribution in [0.2, 0.25) is 0 Å². The first kappa shape index (κ1) is 10.9. The van der Waals surface area contributed by atoms with Gasteiger partial charge in [-0.1, -0.05) is 12.1 Å². The van der Waals surface area contributed by atoms with Gasteiger partial charge in [-0.25, -0.2) is 4.39 Å². The Morgan fingerprint density at radius 3 is 2.69 bits per heavy atom. The van der Waals surface area contributed by atoms with Crippen LogP contribution in [0.3, 0.4) is 0 Å². The number of H-pyrrole nitrogens is 1. The molecule has 1 aromatic heterocycles. The van der Waals surface area contributed by atoms with Crippen molar-refractivity contribution in [2.45, 2.75) is 20.0 Å². The Kier molecular flexibility index (Phi) is 3.37. The predicted molar refractivity (Wildman–Crippen MR) is 62.5 cm³/mol. The minimum absolute atomic E-state index is 0.144. The van der Waals surface area contributed by atoms with Crippen LogP contribution in [0.1, 0.15) is 16.7 Å². The Morgan fingerprint density at radius 2 is 2.00 bits per heavy atom. The third-order valence-corrected chi connectivity index (χ3v) is 2.54. The maximum atomic E-state index is 13.0. The molecule has 0 radical (unpaired) electrons. The van der Waals surface area contributed by atoms with Crippen LogP contribution in [-0.2, 0) is 13.1 Å². The highest BCUT2D eigenvalue weighted by Gasteiger charge is 1.99. The molecule has 0 amide bonds. The van der Waals surface area contributed by atoms with Gasteiger partial charge in [0.25, 0.3) is 0 Å². The SMILES string of the molecule is Cc1cc(CNCc2cc[nH]c2)ccc1F. The fraction of sp³-hybridized carbons (Fsp3) is 0.231. The lowest BCUT2D eigenvalue weighted by Crippen LogP contribution is -2.12. The average molecular weight is 218 g/mol. The molecular formula is C13H15FN2. The molecule has 0 fully saturated rings. The average Bonchev–Trinajstić information content (AvgIpc) is 2.76. The molecule has 2 N–H and O–H groups in total. The summed E-state index contributed by atoms with van der Waals surface area (Å²) in [5.41, 5.74) is 3.02. The monoisotopic (exact) mass is 218 g/mol. The van der Waals surface area contributed by atoms with E-state index in [1.807, 2.05) is 30.6 Å². The fourth-order valence-electron chi connectivity index (χ4n) is 1.64. The highest BCUT2D eigenvalue weighted by atomic mass is 19.1. The van der Waals surface area contributed by atoms with E-state index in [2.05, 4.69) is 10.3 Å². The van der Waals surface area contributed by atoms with Crippen molar-refractivity contribution < 1.29 is 4.39 Å². The zero-order valence-corrected chi connectivity index (χ0v) is 9.26. The number of aromatic amines is 1. The highest BCUT2D eigenvalue weighted by Crippen LogP contribution is 2.09. The summed E-state index contributed by atoms with van der Waals surface area (Å²) in [6.07, 6.45) is 3.86. The van der Waals surface area contributed by atoms with Crippen molar-refractivity contribution in [1.82, 2.24) is 10.3 Å². The predicted octanol–water partition coefficient (Wildman–Crippen LogP) is 2.75. The first-order valence-electron chi connectivity index (χ1n) is 5.33. The van der Waals surface area contributed by atoms with Gasteiger partial charge < -0.3 is 10.3 Å². The Labute approximate surface area is 94.5 Å². The van der Waals surface area contributed by atoms with Gasteiger partial charge in [-0.15, -0.1) is 0 Å². The van der Waals surface area contributed by atoms with E-state index in [1.165, 1.54) is 11.6 Å². The molecule has 3 heteroatoms. The van der Waals surface area contributed by atoms with E-state index in [9.17, 15) is 4.39 Å². The molecule has 0 spiro atoms. The number of benzene rings is 1. The Morgan fingerprint density at radius 1 is 1.19 bits per heavy atom. The van der Waals surface area contributed by atoms with Crippen molar-refractivity contribution in [3.8, 4) is 0 Å². The molecule has 0 atom stereocenters. The molecule has 16 heavy (non-hydrogen) atoms. The summed E-state index contributed by atoms with van der Waals surface area (Å²) < 4.78 is 13.0. The summed E-state index contributed by atoms with van der Waals surface area (Å²) in [5, 5.41) is 3.31. The van der Waals surface area contributed by atoms with Gasteiger partial charge in [0.15, 0.2) is 0 Å². The normalized spacial score (nSPS) is 10.6. The zero-order valence-electron chi connectivity index (χ0n) is 9.26. The number of halogens is 1. The molecule has 84 valence electrons. The molecule has 2 nitrogen and oxygen atoms in total. The molecule has 2 aromatic rings. The maximum absolute atomic E-state index is 13.0. The van der Waals surface area contributed by atoms with Crippen molar-refractivity contribution in [3.63, 3.8) is 0 Å². The second-order valence-electron chi connectivity index (χ2n) is 3.91. The lowest BCUT2D eigenvalue weighted by Gasteiger charge is -2.05. The smallest absolute Gasteiger partial charge is 0.126 e. The molecular weight excluding hydrogens is 203 g/mol. The van der Waals surface area contributed by atoms with Gasteiger partial charge in [0.1, 0.15) is 5.82 Å². The largest absolute Gasteiger partial charge is 0.367 e. The van der Waals surface area contributed by atoms with Crippen LogP contribution in [0.15, 0.2) is 36.7 Å². The van der Waals surface area contributed by atoms with E-state index in [0.717, 1.165) is 18.7 Å². The molecule has 1 aromatic carbocycles. The zero-order chi connectivity index (χ0) is 11.4. The van der Waals surface area contributed by atoms with Gasteiger partial charge in [-0.05, 0) is 35.7 Å². The molecule has 0 bridgehead atoms. The Balaban J connectivity index is 1.87. The van der Waals surface area contributed by atoms with Gasteiger partial charge in [-0.3, -0.25) is 0 Å². The van der Waals surface area contributed by atoms with Crippen LogP contribution in [0.5, 0.6) is 0 Å². The molecule has 0 aliphatic heterocycles. The summed E-state index contributed by atoms with van der Waals surface area (Å²) in [5.74, 6) is -0.144. The number of aromatic nitrogens is 1. The molecule has 0 saturated heterocycles. The quantitative estimate of drug-likeness (QED) is 0.811. The number of hydrogen-bond donors (Lipinski definition) is 2. The van der Waals surface area contributed by atoms with E-state index in [0.29, 0.717) is 5.56 Å². The van der Waals surface area contributed by atoms with Crippen LogP contribution >= 0.6 is 0 Å². The Hall–Kier alpha value is -1.61. The van der Waals surface area contributed by atoms with Crippen molar-refractivity contribution in [3.05, 3.63) is 59.2 Å². The summed E-state index contributed by atoms with van der Waals surface area (Å²) in [6, 6.07) is 7.23. The maximum Gasteiger partial charge on any atom is 0.126 e. The standard InChI is InChI=1S/C13H15FN2/c1-10-6-11(2-3-13(10)14)7-16-9-12-4-5-15-8-12/h2-6,8,15-16H,7,9H2,1H3. The first-order chi connectivity index (χ1) is 7.75. The first-order valence-corrected chi connectivity index (χ1v) is 5.33.